The molecule has 1 heterocycles. The number of benzene rings is 2. The fourth-order valence-corrected chi connectivity index (χ4v) is 3.53. The van der Waals surface area contributed by atoms with Gasteiger partial charge in [-0.3, -0.25) is 4.79 Å². The van der Waals surface area contributed by atoms with Crippen molar-refractivity contribution < 1.29 is 31.8 Å². The van der Waals surface area contributed by atoms with Crippen LogP contribution in [0.15, 0.2) is 54.6 Å². The third-order valence-electron chi connectivity index (χ3n) is 5.08. The first kappa shape index (κ1) is 23.2. The third kappa shape index (κ3) is 7.03. The molecule has 1 unspecified atom stereocenters. The molecule has 0 aliphatic carbocycles. The Hall–Kier alpha value is -2.08. The third-order valence-corrected chi connectivity index (χ3v) is 5.08. The van der Waals surface area contributed by atoms with Crippen LogP contribution < -0.4 is 17.1 Å². The van der Waals surface area contributed by atoms with E-state index in [9.17, 15) is 9.90 Å². The Morgan fingerprint density at radius 2 is 1.69 bits per heavy atom. The number of rotatable bonds is 8. The topological polar surface area (TPSA) is 59.0 Å². The molecule has 0 saturated carbocycles. The summed E-state index contributed by atoms with van der Waals surface area (Å²) < 4.78 is 10.8. The quantitative estimate of drug-likeness (QED) is 0.628. The standard InChI is InChI=1S/C23H29NO4.ClH/c1-2-27-23(26)20-12-14-24(15-13-20)16-21(25)17-28-22-10-8-19(9-11-22)18-6-4-3-5-7-18;/h3-11,20-21,25H,2,12-17H2,1H3;1H/p-1. The number of halogens is 1. The Labute approximate surface area is 179 Å². The molecule has 29 heavy (non-hydrogen) atoms. The van der Waals surface area contributed by atoms with E-state index in [0.29, 0.717) is 13.2 Å². The van der Waals surface area contributed by atoms with Gasteiger partial charge in [0.25, 0.3) is 0 Å². The molecular formula is C23H29ClNO4-. The molecule has 1 saturated heterocycles. The number of ether oxygens (including phenoxy) is 2. The molecule has 5 nitrogen and oxygen atoms in total. The first-order valence-corrected chi connectivity index (χ1v) is 10.0. The highest BCUT2D eigenvalue weighted by atomic mass is 35.5. The van der Waals surface area contributed by atoms with Gasteiger partial charge in [0.05, 0.1) is 12.5 Å². The van der Waals surface area contributed by atoms with Crippen LogP contribution in [0.5, 0.6) is 5.75 Å². The van der Waals surface area contributed by atoms with E-state index in [4.69, 9.17) is 9.47 Å². The van der Waals surface area contributed by atoms with Crippen LogP contribution in [0, 0.1) is 5.92 Å². The summed E-state index contributed by atoms with van der Waals surface area (Å²) in [6.45, 7) is 4.67. The lowest BCUT2D eigenvalue weighted by Crippen LogP contribution is -3.00. The van der Waals surface area contributed by atoms with Gasteiger partial charge >= 0.3 is 5.97 Å². The number of nitrogens with zero attached hydrogens (tertiary/aromatic N) is 1. The van der Waals surface area contributed by atoms with Crippen LogP contribution in [0.2, 0.25) is 0 Å². The van der Waals surface area contributed by atoms with Crippen molar-refractivity contribution in [1.82, 2.24) is 4.90 Å². The average Bonchev–Trinajstić information content (AvgIpc) is 2.74. The zero-order valence-electron chi connectivity index (χ0n) is 16.8. The number of esters is 1. The molecule has 0 radical (unpaired) electrons. The van der Waals surface area contributed by atoms with Crippen molar-refractivity contribution in [1.29, 1.82) is 0 Å². The highest BCUT2D eigenvalue weighted by Gasteiger charge is 2.26. The molecule has 1 fully saturated rings. The first-order valence-electron chi connectivity index (χ1n) is 10.0. The molecule has 3 rings (SSSR count). The maximum absolute atomic E-state index is 11.8. The van der Waals surface area contributed by atoms with Gasteiger partial charge in [-0.05, 0) is 56.1 Å². The highest BCUT2D eigenvalue weighted by molar-refractivity contribution is 5.72. The molecular weight excluding hydrogens is 390 g/mol. The van der Waals surface area contributed by atoms with Gasteiger partial charge in [0, 0.05) is 6.54 Å². The molecule has 0 amide bonds. The minimum Gasteiger partial charge on any atom is -1.00 e. The maximum atomic E-state index is 11.8. The molecule has 1 atom stereocenters. The maximum Gasteiger partial charge on any atom is 0.309 e. The zero-order chi connectivity index (χ0) is 19.8. The van der Waals surface area contributed by atoms with E-state index in [-0.39, 0.29) is 30.9 Å². The summed E-state index contributed by atoms with van der Waals surface area (Å²) in [6, 6.07) is 18.1. The summed E-state index contributed by atoms with van der Waals surface area (Å²) in [5.74, 6) is 0.650. The van der Waals surface area contributed by atoms with Crippen molar-refractivity contribution in [3.8, 4) is 16.9 Å². The first-order chi connectivity index (χ1) is 13.7. The molecule has 1 aliphatic heterocycles. The van der Waals surface area contributed by atoms with Gasteiger partial charge in [0.2, 0.25) is 0 Å². The summed E-state index contributed by atoms with van der Waals surface area (Å²) in [7, 11) is 0. The Kier molecular flexibility index (Phi) is 9.45. The van der Waals surface area contributed by atoms with Gasteiger partial charge in [-0.2, -0.15) is 0 Å². The van der Waals surface area contributed by atoms with Gasteiger partial charge in [0.1, 0.15) is 18.5 Å². The van der Waals surface area contributed by atoms with E-state index in [0.717, 1.165) is 37.2 Å². The summed E-state index contributed by atoms with van der Waals surface area (Å²) in [4.78, 5) is 14.0. The lowest BCUT2D eigenvalue weighted by Gasteiger charge is -2.32. The number of piperidine rings is 1. The van der Waals surface area contributed by atoms with Crippen LogP contribution in [0.3, 0.4) is 0 Å². The van der Waals surface area contributed by atoms with Crippen molar-refractivity contribution >= 4 is 5.97 Å². The van der Waals surface area contributed by atoms with E-state index in [2.05, 4.69) is 17.0 Å². The smallest absolute Gasteiger partial charge is 0.309 e. The van der Waals surface area contributed by atoms with Crippen molar-refractivity contribution in [2.45, 2.75) is 25.9 Å². The fourth-order valence-electron chi connectivity index (χ4n) is 3.53. The predicted octanol–water partition coefficient (Wildman–Crippen LogP) is 0.372. The number of hydrogen-bond acceptors (Lipinski definition) is 5. The fraction of sp³-hybridized carbons (Fsp3) is 0.435. The predicted molar refractivity (Wildman–Crippen MR) is 109 cm³/mol. The Morgan fingerprint density at radius 3 is 2.31 bits per heavy atom. The largest absolute Gasteiger partial charge is 1.00 e. The molecule has 2 aromatic carbocycles. The van der Waals surface area contributed by atoms with Gasteiger partial charge in [-0.15, -0.1) is 0 Å². The minimum absolute atomic E-state index is 0. The zero-order valence-corrected chi connectivity index (χ0v) is 17.6. The van der Waals surface area contributed by atoms with E-state index < -0.39 is 6.10 Å². The SMILES string of the molecule is CCOC(=O)C1CCN(CC(O)COc2ccc(-c3ccccc3)cc2)CC1.[Cl-]. The normalized spacial score (nSPS) is 15.9. The van der Waals surface area contributed by atoms with Crippen molar-refractivity contribution in [3.05, 3.63) is 54.6 Å². The molecule has 0 spiro atoms. The number of β-amino-alcohol motifs (C(OH)–C–C–N with tert-alkyl or cyclic N) is 1. The number of carbonyl (C=O) groups is 1. The molecule has 1 N–H and O–H groups in total. The lowest BCUT2D eigenvalue weighted by atomic mass is 9.97. The Balaban J connectivity index is 0.00000300. The second-order valence-electron chi connectivity index (χ2n) is 7.18. The van der Waals surface area contributed by atoms with Gasteiger partial charge in [0.15, 0.2) is 0 Å². The lowest BCUT2D eigenvalue weighted by molar-refractivity contribution is -0.149. The van der Waals surface area contributed by atoms with E-state index in [1.807, 2.05) is 49.4 Å². The van der Waals surface area contributed by atoms with Crippen LogP contribution in [-0.4, -0.2) is 54.9 Å². The van der Waals surface area contributed by atoms with Gasteiger partial charge in [-0.25, -0.2) is 0 Å². The van der Waals surface area contributed by atoms with Crippen LogP contribution in [0.1, 0.15) is 19.8 Å². The van der Waals surface area contributed by atoms with Crippen LogP contribution >= 0.6 is 0 Å². The molecule has 0 aromatic heterocycles. The van der Waals surface area contributed by atoms with Crippen molar-refractivity contribution in [3.63, 3.8) is 0 Å². The molecule has 0 bridgehead atoms. The molecule has 6 heteroatoms. The van der Waals surface area contributed by atoms with E-state index in [1.165, 1.54) is 5.56 Å². The Morgan fingerprint density at radius 1 is 1.07 bits per heavy atom. The number of likely N-dealkylation sites (tertiary alicyclic amines) is 1. The number of aliphatic hydroxyl groups is 1. The van der Waals surface area contributed by atoms with Crippen LogP contribution in [0.4, 0.5) is 0 Å². The Bertz CT molecular complexity index is 730. The van der Waals surface area contributed by atoms with Gasteiger partial charge < -0.3 is 31.9 Å². The van der Waals surface area contributed by atoms with E-state index in [1.54, 1.807) is 0 Å². The number of hydrogen-bond donors (Lipinski definition) is 1. The van der Waals surface area contributed by atoms with Crippen LogP contribution in [-0.2, 0) is 9.53 Å². The minimum atomic E-state index is -0.562. The second kappa shape index (κ2) is 11.8. The second-order valence-corrected chi connectivity index (χ2v) is 7.18. The monoisotopic (exact) mass is 418 g/mol. The summed E-state index contributed by atoms with van der Waals surface area (Å²) >= 11 is 0. The average molecular weight is 419 g/mol. The van der Waals surface area contributed by atoms with Crippen LogP contribution in [0.25, 0.3) is 11.1 Å². The van der Waals surface area contributed by atoms with Crippen molar-refractivity contribution in [2.75, 3.05) is 32.8 Å². The summed E-state index contributed by atoms with van der Waals surface area (Å²) in [5.41, 5.74) is 2.30. The van der Waals surface area contributed by atoms with Crippen molar-refractivity contribution in [2.24, 2.45) is 5.92 Å². The summed E-state index contributed by atoms with van der Waals surface area (Å²) in [6.07, 6.45) is 1.01. The molecule has 158 valence electrons. The summed E-state index contributed by atoms with van der Waals surface area (Å²) in [5, 5.41) is 10.3. The van der Waals surface area contributed by atoms with Gasteiger partial charge in [-0.1, -0.05) is 42.5 Å². The highest BCUT2D eigenvalue weighted by Crippen LogP contribution is 2.22. The van der Waals surface area contributed by atoms with E-state index >= 15 is 0 Å². The molecule has 1 aliphatic rings. The molecule has 2 aromatic rings. The number of aliphatic hydroxyl groups excluding tert-OH is 1. The number of carbonyl (C=O) groups excluding carboxylic acids is 1.